The molecule has 2 aromatic carbocycles. The van der Waals surface area contributed by atoms with Crippen LogP contribution in [0, 0.1) is 32.6 Å². The van der Waals surface area contributed by atoms with E-state index < -0.39 is 0 Å². The lowest BCUT2D eigenvalue weighted by Crippen LogP contribution is -2.20. The molecule has 0 unspecified atom stereocenters. The van der Waals surface area contributed by atoms with Gasteiger partial charge in [-0.3, -0.25) is 4.79 Å². The normalized spacial score (nSPS) is 10.2. The fourth-order valence-electron chi connectivity index (χ4n) is 2.19. The maximum Gasteiger partial charge on any atom is 0.244 e. The van der Waals surface area contributed by atoms with Crippen LogP contribution < -0.4 is 5.32 Å². The molecule has 0 saturated carbocycles. The van der Waals surface area contributed by atoms with Gasteiger partial charge < -0.3 is 5.32 Å². The number of aryl methyl sites for hydroxylation is 3. The van der Waals surface area contributed by atoms with Gasteiger partial charge in [-0.25, -0.2) is 0 Å². The van der Waals surface area contributed by atoms with Gasteiger partial charge in [0, 0.05) is 11.6 Å². The molecule has 0 aliphatic carbocycles. The van der Waals surface area contributed by atoms with Gasteiger partial charge in [0.1, 0.15) is 0 Å². The second-order valence-electron chi connectivity index (χ2n) is 5.51. The van der Waals surface area contributed by atoms with Gasteiger partial charge in [0.05, 0.1) is 6.54 Å². The Balaban J connectivity index is 1.90. The van der Waals surface area contributed by atoms with Crippen molar-refractivity contribution in [3.8, 4) is 11.8 Å². The van der Waals surface area contributed by atoms with Gasteiger partial charge in [-0.15, -0.1) is 0 Å². The summed E-state index contributed by atoms with van der Waals surface area (Å²) in [6.45, 7) is 6.55. The molecule has 2 nitrogen and oxygen atoms in total. The molecule has 0 aromatic heterocycles. The highest BCUT2D eigenvalue weighted by Crippen LogP contribution is 2.16. The summed E-state index contributed by atoms with van der Waals surface area (Å²) in [6.07, 6.45) is 3.41. The Labute approximate surface area is 138 Å². The molecular formula is C21H21NO. The van der Waals surface area contributed by atoms with Crippen LogP contribution in [0.4, 0.5) is 0 Å². The largest absolute Gasteiger partial charge is 0.342 e. The predicted octanol–water partition coefficient (Wildman–Crippen LogP) is 3.79. The first-order valence-electron chi connectivity index (χ1n) is 7.64. The highest BCUT2D eigenvalue weighted by atomic mass is 16.1. The summed E-state index contributed by atoms with van der Waals surface area (Å²) < 4.78 is 0. The minimum absolute atomic E-state index is 0.134. The number of nitrogens with one attached hydrogen (secondary N) is 1. The molecule has 0 aliphatic heterocycles. The van der Waals surface area contributed by atoms with Crippen molar-refractivity contribution in [2.75, 3.05) is 6.54 Å². The molecule has 1 N–H and O–H groups in total. The average Bonchev–Trinajstić information content (AvgIpc) is 2.55. The van der Waals surface area contributed by atoms with Crippen LogP contribution >= 0.6 is 0 Å². The van der Waals surface area contributed by atoms with E-state index in [4.69, 9.17) is 0 Å². The topological polar surface area (TPSA) is 29.1 Å². The summed E-state index contributed by atoms with van der Waals surface area (Å²) in [4.78, 5) is 11.8. The van der Waals surface area contributed by atoms with Crippen molar-refractivity contribution in [1.29, 1.82) is 0 Å². The maximum atomic E-state index is 11.8. The Bertz CT molecular complexity index is 777. The van der Waals surface area contributed by atoms with Gasteiger partial charge in [0.25, 0.3) is 0 Å². The van der Waals surface area contributed by atoms with Crippen molar-refractivity contribution in [1.82, 2.24) is 5.32 Å². The molecule has 0 atom stereocenters. The van der Waals surface area contributed by atoms with Crippen LogP contribution in [0.15, 0.2) is 48.5 Å². The molecule has 0 spiro atoms. The minimum atomic E-state index is -0.134. The number of carbonyl (C=O) groups excluding carboxylic acids is 1. The summed E-state index contributed by atoms with van der Waals surface area (Å²) in [5.41, 5.74) is 5.67. The fraction of sp³-hybridized carbons (Fsp3) is 0.190. The third kappa shape index (κ3) is 5.16. The molecule has 2 aromatic rings. The van der Waals surface area contributed by atoms with Crippen molar-refractivity contribution < 1.29 is 4.79 Å². The Hall–Kier alpha value is -2.79. The molecule has 116 valence electrons. The Morgan fingerprint density at radius 3 is 2.48 bits per heavy atom. The number of hydrogen-bond acceptors (Lipinski definition) is 1. The summed E-state index contributed by atoms with van der Waals surface area (Å²) in [6, 6.07) is 14.0. The lowest BCUT2D eigenvalue weighted by atomic mass is 10.0. The zero-order valence-corrected chi connectivity index (χ0v) is 13.8. The second-order valence-corrected chi connectivity index (χ2v) is 5.51. The van der Waals surface area contributed by atoms with Crippen molar-refractivity contribution in [2.45, 2.75) is 20.8 Å². The average molecular weight is 303 g/mol. The zero-order valence-electron chi connectivity index (χ0n) is 13.8. The van der Waals surface area contributed by atoms with E-state index in [1.54, 1.807) is 6.08 Å². The Morgan fingerprint density at radius 2 is 1.74 bits per heavy atom. The van der Waals surface area contributed by atoms with Crippen LogP contribution in [0.25, 0.3) is 6.08 Å². The molecular weight excluding hydrogens is 282 g/mol. The van der Waals surface area contributed by atoms with E-state index in [2.05, 4.69) is 50.1 Å². The lowest BCUT2D eigenvalue weighted by molar-refractivity contribution is -0.116. The summed E-state index contributed by atoms with van der Waals surface area (Å²) in [7, 11) is 0. The van der Waals surface area contributed by atoms with E-state index >= 15 is 0 Å². The molecule has 0 aliphatic rings. The molecule has 23 heavy (non-hydrogen) atoms. The first kappa shape index (κ1) is 16.6. The zero-order chi connectivity index (χ0) is 16.7. The SMILES string of the molecule is Cc1cc(C)c(/C=C/C(=O)NCC#Cc2ccccc2)cc1C. The van der Waals surface area contributed by atoms with Crippen LogP contribution in [0.3, 0.4) is 0 Å². The van der Waals surface area contributed by atoms with E-state index in [9.17, 15) is 4.79 Å². The molecule has 1 amide bonds. The van der Waals surface area contributed by atoms with Gasteiger partial charge in [-0.1, -0.05) is 42.2 Å². The standard InChI is InChI=1S/C21H21NO/c1-16-14-18(3)20(15-17(16)2)11-12-21(23)22-13-7-10-19-8-5-4-6-9-19/h4-6,8-9,11-12,14-15H,13H2,1-3H3,(H,22,23)/b12-11+. The van der Waals surface area contributed by atoms with Gasteiger partial charge in [0.15, 0.2) is 0 Å². The molecule has 0 radical (unpaired) electrons. The molecule has 0 fully saturated rings. The number of hydrogen-bond donors (Lipinski definition) is 1. The van der Waals surface area contributed by atoms with Crippen LogP contribution in [-0.4, -0.2) is 12.5 Å². The second kappa shape index (κ2) is 8.00. The van der Waals surface area contributed by atoms with E-state index in [0.29, 0.717) is 6.54 Å². The highest BCUT2D eigenvalue weighted by molar-refractivity contribution is 5.92. The first-order chi connectivity index (χ1) is 11.1. The molecule has 2 heteroatoms. The third-order valence-electron chi connectivity index (χ3n) is 3.65. The lowest BCUT2D eigenvalue weighted by Gasteiger charge is -2.05. The first-order valence-corrected chi connectivity index (χ1v) is 7.64. The van der Waals surface area contributed by atoms with E-state index in [1.165, 1.54) is 16.7 Å². The molecule has 0 bridgehead atoms. The van der Waals surface area contributed by atoms with Crippen molar-refractivity contribution in [3.05, 3.63) is 76.4 Å². The smallest absolute Gasteiger partial charge is 0.244 e. The molecule has 0 saturated heterocycles. The summed E-state index contributed by atoms with van der Waals surface area (Å²) in [5, 5.41) is 2.77. The van der Waals surface area contributed by atoms with Gasteiger partial charge in [-0.2, -0.15) is 0 Å². The molecule has 0 heterocycles. The van der Waals surface area contributed by atoms with Crippen LogP contribution in [0.2, 0.25) is 0 Å². The van der Waals surface area contributed by atoms with Crippen LogP contribution in [-0.2, 0) is 4.79 Å². The quantitative estimate of drug-likeness (QED) is 0.678. The van der Waals surface area contributed by atoms with Crippen molar-refractivity contribution in [2.24, 2.45) is 0 Å². The van der Waals surface area contributed by atoms with Gasteiger partial charge in [-0.05, 0) is 61.2 Å². The maximum absolute atomic E-state index is 11.8. The van der Waals surface area contributed by atoms with Gasteiger partial charge in [0.2, 0.25) is 5.91 Å². The monoisotopic (exact) mass is 303 g/mol. The molecule has 2 rings (SSSR count). The van der Waals surface area contributed by atoms with Crippen molar-refractivity contribution >= 4 is 12.0 Å². The van der Waals surface area contributed by atoms with Crippen LogP contribution in [0.1, 0.15) is 27.8 Å². The van der Waals surface area contributed by atoms with E-state index in [0.717, 1.165) is 11.1 Å². The van der Waals surface area contributed by atoms with Gasteiger partial charge >= 0.3 is 0 Å². The Kier molecular flexibility index (Phi) is 5.77. The predicted molar refractivity (Wildman–Crippen MR) is 96.0 cm³/mol. The van der Waals surface area contributed by atoms with E-state index in [1.807, 2.05) is 36.4 Å². The highest BCUT2D eigenvalue weighted by Gasteiger charge is 2.00. The summed E-state index contributed by atoms with van der Waals surface area (Å²) in [5.74, 6) is 5.82. The third-order valence-corrected chi connectivity index (χ3v) is 3.65. The number of benzene rings is 2. The van der Waals surface area contributed by atoms with Crippen molar-refractivity contribution in [3.63, 3.8) is 0 Å². The number of amides is 1. The fourth-order valence-corrected chi connectivity index (χ4v) is 2.19. The minimum Gasteiger partial charge on any atom is -0.342 e. The van der Waals surface area contributed by atoms with Crippen LogP contribution in [0.5, 0.6) is 0 Å². The number of carbonyl (C=O) groups is 1. The Morgan fingerprint density at radius 1 is 1.04 bits per heavy atom. The number of rotatable bonds is 3. The summed E-state index contributed by atoms with van der Waals surface area (Å²) >= 11 is 0. The van der Waals surface area contributed by atoms with E-state index in [-0.39, 0.29) is 5.91 Å².